The fourth-order valence-electron chi connectivity index (χ4n) is 14.4. The van der Waals surface area contributed by atoms with Gasteiger partial charge in [0.05, 0.1) is 38.6 Å². The highest BCUT2D eigenvalue weighted by Gasteiger charge is 2.54. The Kier molecular flexibility index (Phi) is 65.2. The number of aliphatic hydroxyl groups excluding tert-OH is 11. The first-order valence-corrected chi connectivity index (χ1v) is 44.8. The van der Waals surface area contributed by atoms with Gasteiger partial charge in [-0.05, 0) is 103 Å². The van der Waals surface area contributed by atoms with Crippen LogP contribution >= 0.6 is 0 Å². The molecule has 0 saturated carbocycles. The molecule has 3 rings (SSSR count). The number of hydrogen-bond donors (Lipinski definition) is 12. The monoisotopic (exact) mass is 1580 g/mol. The number of amides is 1. The van der Waals surface area contributed by atoms with Crippen molar-refractivity contribution < 1.29 is 89.4 Å². The number of allylic oxidation sites excluding steroid dienone is 19. The van der Waals surface area contributed by atoms with Gasteiger partial charge in [-0.1, -0.05) is 341 Å². The molecule has 3 saturated heterocycles. The van der Waals surface area contributed by atoms with Crippen LogP contribution in [0.4, 0.5) is 0 Å². The van der Waals surface area contributed by atoms with Crippen molar-refractivity contribution in [2.75, 3.05) is 26.4 Å². The normalized spacial score (nSPS) is 25.5. The maximum atomic E-state index is 13.5. The molecule has 0 aromatic carbocycles. The van der Waals surface area contributed by atoms with E-state index < -0.39 is 124 Å². The molecule has 17 unspecified atom stereocenters. The minimum atomic E-state index is -1.99. The third-order valence-electron chi connectivity index (χ3n) is 21.5. The zero-order valence-corrected chi connectivity index (χ0v) is 69.6. The highest BCUT2D eigenvalue weighted by molar-refractivity contribution is 5.76. The Balaban J connectivity index is 1.32. The lowest BCUT2D eigenvalue weighted by Gasteiger charge is -2.48. The van der Waals surface area contributed by atoms with Crippen LogP contribution in [0.25, 0.3) is 0 Å². The maximum absolute atomic E-state index is 13.5. The molecule has 646 valence electrons. The molecule has 112 heavy (non-hydrogen) atoms. The Morgan fingerprint density at radius 3 is 1.00 bits per heavy atom. The molecule has 0 aromatic rings. The molecular formula is C93H161NO18. The van der Waals surface area contributed by atoms with Crippen molar-refractivity contribution in [1.82, 2.24) is 5.32 Å². The first-order valence-electron chi connectivity index (χ1n) is 44.8. The highest BCUT2D eigenvalue weighted by atomic mass is 16.8. The van der Waals surface area contributed by atoms with E-state index in [9.17, 15) is 61.0 Å². The molecule has 3 fully saturated rings. The van der Waals surface area contributed by atoms with E-state index in [0.29, 0.717) is 12.8 Å². The molecule has 17 atom stereocenters. The largest absolute Gasteiger partial charge is 0.394 e. The summed E-state index contributed by atoms with van der Waals surface area (Å²) in [7, 11) is 0. The molecule has 1 amide bonds. The Bertz CT molecular complexity index is 2500. The van der Waals surface area contributed by atoms with E-state index in [-0.39, 0.29) is 18.9 Å². The van der Waals surface area contributed by atoms with Crippen LogP contribution in [0.2, 0.25) is 0 Å². The minimum Gasteiger partial charge on any atom is -0.394 e. The van der Waals surface area contributed by atoms with Crippen molar-refractivity contribution >= 4 is 5.91 Å². The number of ether oxygens (including phenoxy) is 6. The molecule has 0 aromatic heterocycles. The van der Waals surface area contributed by atoms with Crippen molar-refractivity contribution in [2.45, 2.75) is 433 Å². The lowest BCUT2D eigenvalue weighted by atomic mass is 9.96. The van der Waals surface area contributed by atoms with Crippen molar-refractivity contribution in [3.05, 3.63) is 122 Å². The van der Waals surface area contributed by atoms with E-state index in [4.69, 9.17) is 28.4 Å². The number of carbonyl (C=O) groups is 1. The average molecular weight is 1580 g/mol. The van der Waals surface area contributed by atoms with Crippen LogP contribution in [0.15, 0.2) is 122 Å². The predicted octanol–water partition coefficient (Wildman–Crippen LogP) is 17.0. The van der Waals surface area contributed by atoms with Crippen LogP contribution in [0.5, 0.6) is 0 Å². The van der Waals surface area contributed by atoms with Crippen molar-refractivity contribution in [2.24, 2.45) is 0 Å². The summed E-state index contributed by atoms with van der Waals surface area (Å²) in [5.41, 5.74) is 0. The quantitative estimate of drug-likeness (QED) is 0.0199. The molecular weight excluding hydrogens is 1420 g/mol. The molecule has 0 bridgehead atoms. The second-order valence-electron chi connectivity index (χ2n) is 31.3. The lowest BCUT2D eigenvalue weighted by Crippen LogP contribution is -2.66. The van der Waals surface area contributed by atoms with Crippen LogP contribution < -0.4 is 5.32 Å². The molecule has 3 aliphatic rings. The van der Waals surface area contributed by atoms with Crippen LogP contribution in [0, 0.1) is 0 Å². The Hall–Kier alpha value is -3.81. The molecule has 19 nitrogen and oxygen atoms in total. The zero-order valence-electron chi connectivity index (χ0n) is 69.6. The summed E-state index contributed by atoms with van der Waals surface area (Å²) in [6, 6.07) is -1.00. The first kappa shape index (κ1) is 102. The molecule has 3 aliphatic heterocycles. The van der Waals surface area contributed by atoms with Gasteiger partial charge in [-0.3, -0.25) is 4.79 Å². The molecule has 19 heteroatoms. The van der Waals surface area contributed by atoms with Gasteiger partial charge in [0, 0.05) is 6.42 Å². The second kappa shape index (κ2) is 71.3. The number of nitrogens with one attached hydrogen (secondary N) is 1. The van der Waals surface area contributed by atoms with Crippen LogP contribution in [0.1, 0.15) is 328 Å². The van der Waals surface area contributed by atoms with E-state index >= 15 is 0 Å². The number of hydrogen-bond acceptors (Lipinski definition) is 18. The number of carbonyl (C=O) groups excluding carboxylic acids is 1. The van der Waals surface area contributed by atoms with Crippen LogP contribution in [0.3, 0.4) is 0 Å². The zero-order chi connectivity index (χ0) is 81.0. The van der Waals surface area contributed by atoms with E-state index in [0.717, 1.165) is 89.9 Å². The summed E-state index contributed by atoms with van der Waals surface area (Å²) in [6.45, 7) is 1.63. The third-order valence-corrected chi connectivity index (χ3v) is 21.5. The Morgan fingerprint density at radius 2 is 0.625 bits per heavy atom. The second-order valence-corrected chi connectivity index (χ2v) is 31.3. The molecule has 0 aliphatic carbocycles. The van der Waals surface area contributed by atoms with E-state index in [2.05, 4.69) is 129 Å². The summed E-state index contributed by atoms with van der Waals surface area (Å²) in [6.07, 6.45) is 74.9. The van der Waals surface area contributed by atoms with Gasteiger partial charge in [-0.25, -0.2) is 0 Å². The first-order chi connectivity index (χ1) is 54.8. The average Bonchev–Trinajstić information content (AvgIpc) is 0.781. The topological polar surface area (TPSA) is 307 Å². The van der Waals surface area contributed by atoms with Crippen molar-refractivity contribution in [3.63, 3.8) is 0 Å². The standard InChI is InChI=1S/C93H161NO18/c1-3-5-7-9-11-13-15-17-19-21-23-25-27-29-31-32-33-34-35-36-37-38-39-40-41-42-43-44-45-47-49-51-53-55-57-59-61-63-65-67-69-71-81(99)94-76(77(98)70-68-66-64-62-60-58-56-54-52-50-48-46-30-28-26-24-22-20-18-16-14-12-10-8-6-4-2)75-107-91-87(105)84(102)89(79(73-96)109-91)112-93-88(106)85(103)90(80(74-97)110-93)111-92-86(104)83(101)82(100)78(72-95)108-92/h5,7,11,13,17,19,23,25,29,31,33-34,36-37,52,54,60,62,68,70,76-80,82-93,95-98,100-106H,3-4,6,8-10,12,14-16,18,20-22,24,26-28,30,32,35,38-51,53,55-59,61,63-67,69,71-75H2,1-2H3,(H,94,99)/b7-5-,13-11-,19-17-,25-23-,31-29-,34-33-,37-36-,54-52+,62-60+,70-68+. The van der Waals surface area contributed by atoms with Crippen molar-refractivity contribution in [3.8, 4) is 0 Å². The maximum Gasteiger partial charge on any atom is 0.220 e. The number of rotatable bonds is 71. The van der Waals surface area contributed by atoms with Gasteiger partial charge in [0.25, 0.3) is 0 Å². The fraction of sp³-hybridized carbons (Fsp3) is 0.774. The van der Waals surface area contributed by atoms with E-state index in [1.807, 2.05) is 6.08 Å². The lowest BCUT2D eigenvalue weighted by molar-refractivity contribution is -0.379. The summed E-state index contributed by atoms with van der Waals surface area (Å²) in [5, 5.41) is 121. The molecule has 3 heterocycles. The highest BCUT2D eigenvalue weighted by Crippen LogP contribution is 2.33. The van der Waals surface area contributed by atoms with E-state index in [1.54, 1.807) is 6.08 Å². The van der Waals surface area contributed by atoms with Gasteiger partial charge in [0.2, 0.25) is 5.91 Å². The molecule has 0 spiro atoms. The van der Waals surface area contributed by atoms with Crippen LogP contribution in [-0.4, -0.2) is 193 Å². The molecule has 12 N–H and O–H groups in total. The van der Waals surface area contributed by atoms with Crippen LogP contribution in [-0.2, 0) is 33.2 Å². The number of unbranched alkanes of at least 4 members (excludes halogenated alkanes) is 37. The summed E-state index contributed by atoms with van der Waals surface area (Å²) in [5.74, 6) is -0.288. The molecule has 0 radical (unpaired) electrons. The summed E-state index contributed by atoms with van der Waals surface area (Å²) < 4.78 is 34.5. The Morgan fingerprint density at radius 1 is 0.330 bits per heavy atom. The van der Waals surface area contributed by atoms with E-state index in [1.165, 1.54) is 205 Å². The van der Waals surface area contributed by atoms with Gasteiger partial charge >= 0.3 is 0 Å². The smallest absolute Gasteiger partial charge is 0.220 e. The minimum absolute atomic E-state index is 0.229. The fourth-order valence-corrected chi connectivity index (χ4v) is 14.4. The van der Waals surface area contributed by atoms with Gasteiger partial charge in [-0.2, -0.15) is 0 Å². The number of aliphatic hydroxyl groups is 11. The summed E-state index contributed by atoms with van der Waals surface area (Å²) >= 11 is 0. The third kappa shape index (κ3) is 49.4. The SMILES string of the molecule is CC/C=C\C/C=C\C/C=C\C/C=C\C/C=C\C/C=C\C/C=C\CCCCCCCCCCCCCCCCCCCCCC(=O)NC(COC1OC(CO)C(OC2OC(CO)C(OC3OC(CO)C(O)C(O)C3O)C(O)C2O)C(O)C1O)C(O)/C=C/CC/C=C/CC/C=C/CCCCCCCCCCCCCCCCCC. The predicted molar refractivity (Wildman–Crippen MR) is 452 cm³/mol. The summed E-state index contributed by atoms with van der Waals surface area (Å²) in [4.78, 5) is 13.5. The van der Waals surface area contributed by atoms with Gasteiger partial charge in [0.15, 0.2) is 18.9 Å². The Labute approximate surface area is 678 Å². The van der Waals surface area contributed by atoms with Gasteiger partial charge in [0.1, 0.15) is 73.2 Å². The van der Waals surface area contributed by atoms with Gasteiger partial charge < -0.3 is 89.9 Å². The van der Waals surface area contributed by atoms with Crippen molar-refractivity contribution in [1.29, 1.82) is 0 Å². The van der Waals surface area contributed by atoms with Gasteiger partial charge in [-0.15, -0.1) is 0 Å².